The van der Waals surface area contributed by atoms with Gasteiger partial charge in [0.1, 0.15) is 22.4 Å². The van der Waals surface area contributed by atoms with Crippen LogP contribution in [0, 0.1) is 0 Å². The average molecular weight is 372 g/mol. The highest BCUT2D eigenvalue weighted by Gasteiger charge is 2.43. The van der Waals surface area contributed by atoms with Crippen molar-refractivity contribution < 1.29 is 14.3 Å². The minimum atomic E-state index is -0.363. The van der Waals surface area contributed by atoms with Gasteiger partial charge in [0.15, 0.2) is 0 Å². The largest absolute Gasteiger partial charge is 0.378 e. The number of hydrogen-bond donors (Lipinski definition) is 0. The molecule has 1 atom stereocenters. The molecule has 5 heterocycles. The van der Waals surface area contributed by atoms with Crippen LogP contribution in [-0.4, -0.2) is 60.1 Å². The number of amides is 1. The molecule has 1 aromatic rings. The fraction of sp³-hybridized carbons (Fsp3) is 0.556. The van der Waals surface area contributed by atoms with Crippen molar-refractivity contribution in [3.05, 3.63) is 16.7 Å². The molecule has 0 N–H and O–H groups in total. The van der Waals surface area contributed by atoms with Crippen molar-refractivity contribution >= 4 is 35.5 Å². The SMILES string of the molecule is CC1(C)Cc2c(c(N3CCOCC3)nc3c2C2=NC=NC(=O)C2S3)CO1. The van der Waals surface area contributed by atoms with Gasteiger partial charge in [0.25, 0.3) is 5.91 Å². The van der Waals surface area contributed by atoms with E-state index in [1.54, 1.807) is 0 Å². The van der Waals surface area contributed by atoms with E-state index in [1.807, 2.05) is 0 Å². The number of pyridine rings is 1. The van der Waals surface area contributed by atoms with Crippen LogP contribution in [0.25, 0.3) is 0 Å². The van der Waals surface area contributed by atoms with Crippen molar-refractivity contribution in [2.75, 3.05) is 31.2 Å². The van der Waals surface area contributed by atoms with Crippen LogP contribution in [0.4, 0.5) is 5.82 Å². The third-order valence-electron chi connectivity index (χ3n) is 5.22. The van der Waals surface area contributed by atoms with E-state index in [2.05, 4.69) is 28.7 Å². The lowest BCUT2D eigenvalue weighted by Crippen LogP contribution is -2.40. The summed E-state index contributed by atoms with van der Waals surface area (Å²) < 4.78 is 11.6. The highest BCUT2D eigenvalue weighted by molar-refractivity contribution is 8.02. The van der Waals surface area contributed by atoms with Crippen LogP contribution in [0.5, 0.6) is 0 Å². The topological polar surface area (TPSA) is 76.4 Å². The first-order valence-corrected chi connectivity index (χ1v) is 9.75. The molecule has 0 bridgehead atoms. The maximum atomic E-state index is 12.2. The molecule has 0 spiro atoms. The molecule has 8 heteroatoms. The molecule has 26 heavy (non-hydrogen) atoms. The fourth-order valence-corrected chi connectivity index (χ4v) is 5.09. The third-order valence-corrected chi connectivity index (χ3v) is 6.40. The highest BCUT2D eigenvalue weighted by Crippen LogP contribution is 2.45. The molecule has 1 fully saturated rings. The van der Waals surface area contributed by atoms with Gasteiger partial charge in [0, 0.05) is 30.6 Å². The van der Waals surface area contributed by atoms with E-state index >= 15 is 0 Å². The summed E-state index contributed by atoms with van der Waals surface area (Å²) >= 11 is 1.48. The zero-order chi connectivity index (χ0) is 17.9. The van der Waals surface area contributed by atoms with Crippen LogP contribution < -0.4 is 4.90 Å². The number of morpholine rings is 1. The number of nitrogens with zero attached hydrogens (tertiary/aromatic N) is 4. The molecule has 0 saturated carbocycles. The number of aliphatic imine (C=N–C) groups is 2. The molecule has 1 aromatic heterocycles. The summed E-state index contributed by atoms with van der Waals surface area (Å²) in [5, 5.41) is 0.531. The predicted octanol–water partition coefficient (Wildman–Crippen LogP) is 1.60. The number of rotatable bonds is 1. The van der Waals surface area contributed by atoms with E-state index < -0.39 is 0 Å². The number of carbonyl (C=O) groups is 1. The van der Waals surface area contributed by atoms with Gasteiger partial charge >= 0.3 is 0 Å². The van der Waals surface area contributed by atoms with Gasteiger partial charge in [0.05, 0.1) is 31.1 Å². The molecule has 1 unspecified atom stereocenters. The number of fused-ring (bicyclic) bond motifs is 5. The number of aromatic nitrogens is 1. The summed E-state index contributed by atoms with van der Waals surface area (Å²) in [6.07, 6.45) is 2.15. The molecular formula is C18H20N4O3S. The molecule has 5 rings (SSSR count). The van der Waals surface area contributed by atoms with Gasteiger partial charge < -0.3 is 14.4 Å². The molecule has 136 valence electrons. The Morgan fingerprint density at radius 3 is 2.88 bits per heavy atom. The molecule has 4 aliphatic rings. The number of ether oxygens (including phenoxy) is 2. The third kappa shape index (κ3) is 2.51. The Labute approximate surface area is 155 Å². The minimum Gasteiger partial charge on any atom is -0.378 e. The standard InChI is InChI=1S/C18H20N4O3S/c1-18(2)7-10-11(8-25-18)15(22-3-5-24-6-4-22)21-17-12(10)13-14(26-17)16(23)20-9-19-13/h9,14H,3-8H2,1-2H3. The van der Waals surface area contributed by atoms with Crippen LogP contribution >= 0.6 is 11.8 Å². The molecule has 1 amide bonds. The zero-order valence-corrected chi connectivity index (χ0v) is 15.6. The highest BCUT2D eigenvalue weighted by atomic mass is 32.2. The first-order valence-electron chi connectivity index (χ1n) is 8.87. The summed E-state index contributed by atoms with van der Waals surface area (Å²) in [7, 11) is 0. The normalized spacial score (nSPS) is 26.2. The number of thioether (sulfide) groups is 1. The number of anilines is 1. The summed E-state index contributed by atoms with van der Waals surface area (Å²) in [6, 6.07) is 0. The maximum Gasteiger partial charge on any atom is 0.266 e. The summed E-state index contributed by atoms with van der Waals surface area (Å²) in [6.45, 7) is 7.78. The van der Waals surface area contributed by atoms with Crippen LogP contribution in [-0.2, 0) is 27.3 Å². The summed E-state index contributed by atoms with van der Waals surface area (Å²) in [5.74, 6) is 0.823. The van der Waals surface area contributed by atoms with E-state index in [0.29, 0.717) is 19.8 Å². The Kier molecular flexibility index (Phi) is 3.70. The summed E-state index contributed by atoms with van der Waals surface area (Å²) in [4.78, 5) is 27.8. The summed E-state index contributed by atoms with van der Waals surface area (Å²) in [5.41, 5.74) is 3.94. The van der Waals surface area contributed by atoms with Crippen molar-refractivity contribution in [2.45, 2.75) is 42.8 Å². The molecule has 7 nitrogen and oxygen atoms in total. The Balaban J connectivity index is 1.69. The van der Waals surface area contributed by atoms with Gasteiger partial charge in [-0.2, -0.15) is 0 Å². The van der Waals surface area contributed by atoms with Gasteiger partial charge in [-0.3, -0.25) is 4.79 Å². The molecule has 0 radical (unpaired) electrons. The van der Waals surface area contributed by atoms with Crippen LogP contribution in [0.2, 0.25) is 0 Å². The van der Waals surface area contributed by atoms with Gasteiger partial charge in [-0.05, 0) is 19.4 Å². The second kappa shape index (κ2) is 5.87. The van der Waals surface area contributed by atoms with Crippen LogP contribution in [0.15, 0.2) is 15.0 Å². The lowest BCUT2D eigenvalue weighted by Gasteiger charge is -2.37. The molecule has 0 aliphatic carbocycles. The monoisotopic (exact) mass is 372 g/mol. The Hall–Kier alpha value is -1.77. The van der Waals surface area contributed by atoms with Crippen LogP contribution in [0.1, 0.15) is 30.5 Å². The zero-order valence-electron chi connectivity index (χ0n) is 14.8. The van der Waals surface area contributed by atoms with Crippen molar-refractivity contribution in [1.82, 2.24) is 4.98 Å². The Morgan fingerprint density at radius 1 is 1.27 bits per heavy atom. The van der Waals surface area contributed by atoms with Crippen LogP contribution in [0.3, 0.4) is 0 Å². The smallest absolute Gasteiger partial charge is 0.266 e. The molecule has 1 saturated heterocycles. The van der Waals surface area contributed by atoms with E-state index in [1.165, 1.54) is 23.7 Å². The van der Waals surface area contributed by atoms with Crippen molar-refractivity contribution in [3.8, 4) is 0 Å². The van der Waals surface area contributed by atoms with Crippen molar-refractivity contribution in [2.24, 2.45) is 9.98 Å². The second-order valence-electron chi connectivity index (χ2n) is 7.49. The first-order chi connectivity index (χ1) is 12.5. The van der Waals surface area contributed by atoms with E-state index in [0.717, 1.165) is 47.2 Å². The number of hydrogen-bond acceptors (Lipinski definition) is 7. The Bertz CT molecular complexity index is 858. The van der Waals surface area contributed by atoms with E-state index in [9.17, 15) is 4.79 Å². The van der Waals surface area contributed by atoms with Gasteiger partial charge in [-0.25, -0.2) is 15.0 Å². The van der Waals surface area contributed by atoms with Crippen molar-refractivity contribution in [3.63, 3.8) is 0 Å². The Morgan fingerprint density at radius 2 is 2.08 bits per heavy atom. The lowest BCUT2D eigenvalue weighted by atomic mass is 9.87. The fourth-order valence-electron chi connectivity index (χ4n) is 3.93. The minimum absolute atomic E-state index is 0.147. The second-order valence-corrected chi connectivity index (χ2v) is 8.59. The van der Waals surface area contributed by atoms with Crippen molar-refractivity contribution in [1.29, 1.82) is 0 Å². The van der Waals surface area contributed by atoms with E-state index in [-0.39, 0.29) is 16.8 Å². The number of carbonyl (C=O) groups excluding carboxylic acids is 1. The predicted molar refractivity (Wildman–Crippen MR) is 99.5 cm³/mol. The maximum absolute atomic E-state index is 12.2. The average Bonchev–Trinajstić information content (AvgIpc) is 3.01. The van der Waals surface area contributed by atoms with Gasteiger partial charge in [-0.15, -0.1) is 0 Å². The van der Waals surface area contributed by atoms with Gasteiger partial charge in [0.2, 0.25) is 0 Å². The quantitative estimate of drug-likeness (QED) is 0.745. The molecular weight excluding hydrogens is 352 g/mol. The molecule has 0 aromatic carbocycles. The lowest BCUT2D eigenvalue weighted by molar-refractivity contribution is -0.116. The molecule has 4 aliphatic heterocycles. The van der Waals surface area contributed by atoms with Gasteiger partial charge in [-0.1, -0.05) is 11.8 Å². The van der Waals surface area contributed by atoms with E-state index in [4.69, 9.17) is 14.5 Å². The first kappa shape index (κ1) is 16.4.